The van der Waals surface area contributed by atoms with E-state index in [0.717, 1.165) is 0 Å². The van der Waals surface area contributed by atoms with Gasteiger partial charge in [0.1, 0.15) is 25.9 Å². The maximum absolute atomic E-state index is 11.9. The molecule has 1 aromatic carbocycles. The Balaban J connectivity index is 1.95. The number of hydrogen-bond donors (Lipinski definition) is 1. The van der Waals surface area contributed by atoms with Crippen molar-refractivity contribution in [2.75, 3.05) is 26.4 Å². The summed E-state index contributed by atoms with van der Waals surface area (Å²) in [7, 11) is 0. The van der Waals surface area contributed by atoms with Gasteiger partial charge in [0.15, 0.2) is 11.5 Å². The van der Waals surface area contributed by atoms with Crippen LogP contribution < -0.4 is 9.47 Å². The highest BCUT2D eigenvalue weighted by atomic mass is 19.3. The maximum Gasteiger partial charge on any atom is 0.261 e. The van der Waals surface area contributed by atoms with Crippen molar-refractivity contribution in [3.8, 4) is 11.5 Å². The van der Waals surface area contributed by atoms with Gasteiger partial charge in [-0.15, -0.1) is 0 Å². The van der Waals surface area contributed by atoms with Crippen LogP contribution in [0, 0.1) is 0 Å². The minimum Gasteiger partial charge on any atom is -0.486 e. The normalized spacial score (nSPS) is 15.8. The second kappa shape index (κ2) is 5.97. The number of alkyl halides is 2. The molecule has 2 rings (SSSR count). The van der Waals surface area contributed by atoms with Gasteiger partial charge in [-0.05, 0) is 17.7 Å². The molecular formula is C12H14F2O4. The van der Waals surface area contributed by atoms with Gasteiger partial charge >= 0.3 is 0 Å². The SMILES string of the molecule is OC(COCC(F)F)c1ccc2c(c1)OCCO2. The van der Waals surface area contributed by atoms with Crippen LogP contribution >= 0.6 is 0 Å². The van der Waals surface area contributed by atoms with Gasteiger partial charge in [0.05, 0.1) is 6.61 Å². The zero-order valence-corrected chi connectivity index (χ0v) is 9.64. The Morgan fingerprint density at radius 1 is 1.17 bits per heavy atom. The summed E-state index contributed by atoms with van der Waals surface area (Å²) in [4.78, 5) is 0. The molecule has 4 nitrogen and oxygen atoms in total. The fourth-order valence-electron chi connectivity index (χ4n) is 1.63. The van der Waals surface area contributed by atoms with Crippen molar-refractivity contribution in [2.45, 2.75) is 12.5 Å². The number of ether oxygens (including phenoxy) is 3. The van der Waals surface area contributed by atoms with Crippen molar-refractivity contribution >= 4 is 0 Å². The molecule has 1 unspecified atom stereocenters. The largest absolute Gasteiger partial charge is 0.486 e. The van der Waals surface area contributed by atoms with E-state index in [1.165, 1.54) is 0 Å². The summed E-state index contributed by atoms with van der Waals surface area (Å²) < 4.78 is 39.1. The molecule has 0 saturated heterocycles. The van der Waals surface area contributed by atoms with Crippen LogP contribution in [0.25, 0.3) is 0 Å². The Labute approximate surface area is 103 Å². The third-order valence-corrected chi connectivity index (χ3v) is 2.47. The molecule has 0 amide bonds. The van der Waals surface area contributed by atoms with Crippen LogP contribution in [0.2, 0.25) is 0 Å². The molecule has 0 radical (unpaired) electrons. The number of aliphatic hydroxyl groups excluding tert-OH is 1. The molecule has 1 heterocycles. The number of rotatable bonds is 5. The standard InChI is InChI=1S/C12H14F2O4/c13-12(14)7-16-6-9(15)8-1-2-10-11(5-8)18-4-3-17-10/h1-2,5,9,12,15H,3-4,6-7H2. The number of hydrogen-bond acceptors (Lipinski definition) is 4. The van der Waals surface area contributed by atoms with E-state index in [2.05, 4.69) is 4.74 Å². The highest BCUT2D eigenvalue weighted by molar-refractivity contribution is 5.44. The Morgan fingerprint density at radius 3 is 2.61 bits per heavy atom. The van der Waals surface area contributed by atoms with Crippen LogP contribution in [0.3, 0.4) is 0 Å². The van der Waals surface area contributed by atoms with Crippen molar-refractivity contribution in [1.82, 2.24) is 0 Å². The second-order valence-corrected chi connectivity index (χ2v) is 3.85. The summed E-state index contributed by atoms with van der Waals surface area (Å²) in [5.41, 5.74) is 0.550. The molecule has 1 aliphatic heterocycles. The summed E-state index contributed by atoms with van der Waals surface area (Å²) in [6.45, 7) is 0.0897. The third-order valence-electron chi connectivity index (χ3n) is 2.47. The molecule has 1 atom stereocenters. The van der Waals surface area contributed by atoms with Gasteiger partial charge in [-0.25, -0.2) is 8.78 Å². The molecule has 100 valence electrons. The van der Waals surface area contributed by atoms with E-state index in [1.54, 1.807) is 18.2 Å². The lowest BCUT2D eigenvalue weighted by Crippen LogP contribution is -2.16. The van der Waals surface area contributed by atoms with Crippen molar-refractivity contribution in [1.29, 1.82) is 0 Å². The van der Waals surface area contributed by atoms with E-state index in [0.29, 0.717) is 30.3 Å². The first-order valence-electron chi connectivity index (χ1n) is 5.60. The zero-order chi connectivity index (χ0) is 13.0. The van der Waals surface area contributed by atoms with Crippen molar-refractivity contribution in [3.63, 3.8) is 0 Å². The molecular weight excluding hydrogens is 246 g/mol. The maximum atomic E-state index is 11.9. The molecule has 0 spiro atoms. The highest BCUT2D eigenvalue weighted by Gasteiger charge is 2.16. The van der Waals surface area contributed by atoms with E-state index >= 15 is 0 Å². The number of fused-ring (bicyclic) bond motifs is 1. The van der Waals surface area contributed by atoms with Crippen molar-refractivity contribution < 1.29 is 28.1 Å². The minimum atomic E-state index is -2.53. The van der Waals surface area contributed by atoms with Gasteiger partial charge in [-0.3, -0.25) is 0 Å². The minimum absolute atomic E-state index is 0.177. The van der Waals surface area contributed by atoms with Gasteiger partial charge in [0.2, 0.25) is 0 Å². The predicted octanol–water partition coefficient (Wildman–Crippen LogP) is 1.77. The summed E-state index contributed by atoms with van der Waals surface area (Å²) in [5, 5.41) is 9.77. The summed E-state index contributed by atoms with van der Waals surface area (Å²) >= 11 is 0. The molecule has 0 fully saturated rings. The average Bonchev–Trinajstić information content (AvgIpc) is 2.37. The lowest BCUT2D eigenvalue weighted by molar-refractivity contribution is -0.0205. The fraction of sp³-hybridized carbons (Fsp3) is 0.500. The van der Waals surface area contributed by atoms with E-state index in [-0.39, 0.29) is 6.61 Å². The van der Waals surface area contributed by atoms with Gasteiger partial charge in [-0.2, -0.15) is 0 Å². The molecule has 6 heteroatoms. The van der Waals surface area contributed by atoms with E-state index in [1.807, 2.05) is 0 Å². The molecule has 1 aliphatic rings. The van der Waals surface area contributed by atoms with Crippen LogP contribution in [0.1, 0.15) is 11.7 Å². The van der Waals surface area contributed by atoms with E-state index in [9.17, 15) is 13.9 Å². The third kappa shape index (κ3) is 3.30. The molecule has 1 N–H and O–H groups in total. The summed E-state index contributed by atoms with van der Waals surface area (Å²) in [6, 6.07) is 4.97. The Hall–Kier alpha value is -1.40. The zero-order valence-electron chi connectivity index (χ0n) is 9.64. The number of aliphatic hydroxyl groups is 1. The number of benzene rings is 1. The van der Waals surface area contributed by atoms with Crippen LogP contribution in [0.4, 0.5) is 8.78 Å². The summed E-state index contributed by atoms with van der Waals surface area (Å²) in [5.74, 6) is 1.16. The quantitative estimate of drug-likeness (QED) is 0.876. The molecule has 0 aromatic heterocycles. The van der Waals surface area contributed by atoms with Crippen LogP contribution in [-0.4, -0.2) is 38.0 Å². The van der Waals surface area contributed by atoms with Crippen molar-refractivity contribution in [2.24, 2.45) is 0 Å². The van der Waals surface area contributed by atoms with E-state index < -0.39 is 19.1 Å². The van der Waals surface area contributed by atoms with Gasteiger partial charge in [0, 0.05) is 0 Å². The van der Waals surface area contributed by atoms with Gasteiger partial charge < -0.3 is 19.3 Å². The van der Waals surface area contributed by atoms with Crippen LogP contribution in [-0.2, 0) is 4.74 Å². The Bertz CT molecular complexity index is 398. The summed E-state index contributed by atoms with van der Waals surface area (Å²) in [6.07, 6.45) is -3.49. The highest BCUT2D eigenvalue weighted by Crippen LogP contribution is 2.32. The molecule has 0 bridgehead atoms. The van der Waals surface area contributed by atoms with Gasteiger partial charge in [-0.1, -0.05) is 6.07 Å². The van der Waals surface area contributed by atoms with Crippen LogP contribution in [0.15, 0.2) is 18.2 Å². The van der Waals surface area contributed by atoms with E-state index in [4.69, 9.17) is 9.47 Å². The fourth-order valence-corrected chi connectivity index (χ4v) is 1.63. The van der Waals surface area contributed by atoms with Gasteiger partial charge in [0.25, 0.3) is 6.43 Å². The smallest absolute Gasteiger partial charge is 0.261 e. The lowest BCUT2D eigenvalue weighted by atomic mass is 10.1. The predicted molar refractivity (Wildman–Crippen MR) is 59.2 cm³/mol. The first kappa shape index (κ1) is 13.0. The molecule has 0 aliphatic carbocycles. The average molecular weight is 260 g/mol. The monoisotopic (exact) mass is 260 g/mol. The molecule has 18 heavy (non-hydrogen) atoms. The molecule has 1 aromatic rings. The Kier molecular flexibility index (Phi) is 4.33. The Morgan fingerprint density at radius 2 is 1.89 bits per heavy atom. The van der Waals surface area contributed by atoms with Crippen LogP contribution in [0.5, 0.6) is 11.5 Å². The second-order valence-electron chi connectivity index (χ2n) is 3.85. The lowest BCUT2D eigenvalue weighted by Gasteiger charge is -2.20. The molecule has 0 saturated carbocycles. The topological polar surface area (TPSA) is 47.9 Å². The first-order valence-corrected chi connectivity index (χ1v) is 5.60. The van der Waals surface area contributed by atoms with Crippen molar-refractivity contribution in [3.05, 3.63) is 23.8 Å². The number of halogens is 2. The first-order chi connectivity index (χ1) is 8.66.